The SMILES string of the molecule is O=C[C@@H]1CCC[C@@H]1CC(=O)c1ccc([N+](=O)[O-])cc1. The Hall–Kier alpha value is -2.04. The number of rotatable bonds is 5. The predicted octanol–water partition coefficient (Wildman–Crippen LogP) is 2.78. The van der Waals surface area contributed by atoms with Crippen LogP contribution in [0.4, 0.5) is 5.69 Å². The fraction of sp³-hybridized carbons (Fsp3) is 0.429. The van der Waals surface area contributed by atoms with Crippen LogP contribution in [0.1, 0.15) is 36.0 Å². The van der Waals surface area contributed by atoms with E-state index in [4.69, 9.17) is 0 Å². The monoisotopic (exact) mass is 261 g/mol. The maximum atomic E-state index is 12.1. The van der Waals surface area contributed by atoms with Crippen LogP contribution >= 0.6 is 0 Å². The third-order valence-corrected chi connectivity index (χ3v) is 3.74. The maximum Gasteiger partial charge on any atom is 0.269 e. The van der Waals surface area contributed by atoms with E-state index < -0.39 is 4.92 Å². The van der Waals surface area contributed by atoms with Gasteiger partial charge in [0.2, 0.25) is 0 Å². The molecule has 0 N–H and O–H groups in total. The molecule has 0 aromatic heterocycles. The first-order chi connectivity index (χ1) is 9.11. The Labute approximate surface area is 110 Å². The molecule has 5 heteroatoms. The first kappa shape index (κ1) is 13.4. The minimum atomic E-state index is -0.492. The molecule has 1 aliphatic carbocycles. The quantitative estimate of drug-likeness (QED) is 0.353. The largest absolute Gasteiger partial charge is 0.303 e. The van der Waals surface area contributed by atoms with E-state index in [1.807, 2.05) is 0 Å². The molecule has 100 valence electrons. The lowest BCUT2D eigenvalue weighted by Crippen LogP contribution is -2.14. The Kier molecular flexibility index (Phi) is 4.04. The molecule has 1 fully saturated rings. The lowest BCUT2D eigenvalue weighted by molar-refractivity contribution is -0.384. The van der Waals surface area contributed by atoms with Crippen molar-refractivity contribution < 1.29 is 14.5 Å². The second-order valence-electron chi connectivity index (χ2n) is 4.92. The highest BCUT2D eigenvalue weighted by Crippen LogP contribution is 2.33. The highest BCUT2D eigenvalue weighted by Gasteiger charge is 2.28. The molecule has 1 saturated carbocycles. The zero-order valence-corrected chi connectivity index (χ0v) is 10.5. The number of non-ortho nitro benzene ring substituents is 1. The van der Waals surface area contributed by atoms with Gasteiger partial charge in [-0.3, -0.25) is 14.9 Å². The molecule has 0 radical (unpaired) electrons. The van der Waals surface area contributed by atoms with Gasteiger partial charge in [-0.05, 0) is 30.9 Å². The first-order valence-electron chi connectivity index (χ1n) is 6.34. The van der Waals surface area contributed by atoms with Gasteiger partial charge < -0.3 is 4.79 Å². The van der Waals surface area contributed by atoms with Crippen molar-refractivity contribution in [3.63, 3.8) is 0 Å². The van der Waals surface area contributed by atoms with Crippen LogP contribution in [0.25, 0.3) is 0 Å². The van der Waals surface area contributed by atoms with Crippen LogP contribution in [0.2, 0.25) is 0 Å². The van der Waals surface area contributed by atoms with Gasteiger partial charge in [0.15, 0.2) is 5.78 Å². The van der Waals surface area contributed by atoms with Crippen molar-refractivity contribution in [2.45, 2.75) is 25.7 Å². The smallest absolute Gasteiger partial charge is 0.269 e. The molecule has 0 bridgehead atoms. The summed E-state index contributed by atoms with van der Waals surface area (Å²) in [5.74, 6) is 0.0656. The van der Waals surface area contributed by atoms with Crippen molar-refractivity contribution in [3.05, 3.63) is 39.9 Å². The third-order valence-electron chi connectivity index (χ3n) is 3.74. The molecule has 0 amide bonds. The summed E-state index contributed by atoms with van der Waals surface area (Å²) in [4.78, 5) is 33.0. The molecule has 1 aliphatic rings. The van der Waals surface area contributed by atoms with Gasteiger partial charge in [-0.15, -0.1) is 0 Å². The van der Waals surface area contributed by atoms with Crippen molar-refractivity contribution in [2.75, 3.05) is 0 Å². The fourth-order valence-corrected chi connectivity index (χ4v) is 2.62. The number of ketones is 1. The average molecular weight is 261 g/mol. The van der Waals surface area contributed by atoms with Crippen molar-refractivity contribution in [1.29, 1.82) is 0 Å². The summed E-state index contributed by atoms with van der Waals surface area (Å²) in [5, 5.41) is 10.5. The van der Waals surface area contributed by atoms with Crippen molar-refractivity contribution >= 4 is 17.8 Å². The van der Waals surface area contributed by atoms with Crippen LogP contribution in [0.15, 0.2) is 24.3 Å². The van der Waals surface area contributed by atoms with Crippen LogP contribution in [0.3, 0.4) is 0 Å². The standard InChI is InChI=1S/C14H15NO4/c16-9-12-3-1-2-11(12)8-14(17)10-4-6-13(7-5-10)15(18)19/h4-7,9,11-12H,1-3,8H2/t11-,12+/m1/s1. The molecule has 5 nitrogen and oxygen atoms in total. The number of nitro groups is 1. The number of nitrogens with zero attached hydrogens (tertiary/aromatic N) is 1. The molecule has 0 saturated heterocycles. The van der Waals surface area contributed by atoms with E-state index in [2.05, 4.69) is 0 Å². The number of aldehydes is 1. The lowest BCUT2D eigenvalue weighted by Gasteiger charge is -2.12. The molecule has 2 rings (SSSR count). The summed E-state index contributed by atoms with van der Waals surface area (Å²) in [5.41, 5.74) is 0.449. The van der Waals surface area contributed by atoms with Crippen molar-refractivity contribution in [1.82, 2.24) is 0 Å². The zero-order chi connectivity index (χ0) is 13.8. The Morgan fingerprint density at radius 2 is 2.00 bits per heavy atom. The highest BCUT2D eigenvalue weighted by atomic mass is 16.6. The number of carbonyl (C=O) groups is 2. The normalized spacial score (nSPS) is 22.1. The number of hydrogen-bond acceptors (Lipinski definition) is 4. The molecule has 0 unspecified atom stereocenters. The molecule has 2 atom stereocenters. The number of benzene rings is 1. The average Bonchev–Trinajstić information content (AvgIpc) is 2.86. The van der Waals surface area contributed by atoms with Crippen molar-refractivity contribution in [3.8, 4) is 0 Å². The van der Waals surface area contributed by atoms with Gasteiger partial charge in [-0.25, -0.2) is 0 Å². The Morgan fingerprint density at radius 3 is 2.58 bits per heavy atom. The summed E-state index contributed by atoms with van der Waals surface area (Å²) in [7, 11) is 0. The number of hydrogen-bond donors (Lipinski definition) is 0. The maximum absolute atomic E-state index is 12.1. The van der Waals surface area contributed by atoms with Gasteiger partial charge in [-0.2, -0.15) is 0 Å². The van der Waals surface area contributed by atoms with Gasteiger partial charge >= 0.3 is 0 Å². The van der Waals surface area contributed by atoms with Crippen LogP contribution < -0.4 is 0 Å². The van der Waals surface area contributed by atoms with Crippen LogP contribution in [-0.4, -0.2) is 17.0 Å². The minimum Gasteiger partial charge on any atom is -0.303 e. The molecule has 1 aromatic rings. The summed E-state index contributed by atoms with van der Waals surface area (Å²) in [6.45, 7) is 0. The lowest BCUT2D eigenvalue weighted by atomic mass is 9.90. The van der Waals surface area contributed by atoms with Gasteiger partial charge in [0.25, 0.3) is 5.69 Å². The number of Topliss-reactive ketones (excluding diaryl/α,β-unsaturated/α-hetero) is 1. The van der Waals surface area contributed by atoms with Crippen LogP contribution in [0.5, 0.6) is 0 Å². The van der Waals surface area contributed by atoms with E-state index in [9.17, 15) is 19.7 Å². The molecule has 19 heavy (non-hydrogen) atoms. The van der Waals surface area contributed by atoms with Gasteiger partial charge in [0.05, 0.1) is 4.92 Å². The van der Waals surface area contributed by atoms with E-state index in [0.29, 0.717) is 12.0 Å². The summed E-state index contributed by atoms with van der Waals surface area (Å²) < 4.78 is 0. The molecule has 0 spiro atoms. The van der Waals surface area contributed by atoms with Gasteiger partial charge in [0.1, 0.15) is 6.29 Å². The molecule has 0 aliphatic heterocycles. The number of carbonyl (C=O) groups excluding carboxylic acids is 2. The molecule has 0 heterocycles. The Morgan fingerprint density at radius 1 is 1.32 bits per heavy atom. The van der Waals surface area contributed by atoms with E-state index in [-0.39, 0.29) is 23.3 Å². The van der Waals surface area contributed by atoms with E-state index >= 15 is 0 Å². The molecular formula is C14H15NO4. The number of nitro benzene ring substituents is 1. The van der Waals surface area contributed by atoms with E-state index in [1.165, 1.54) is 24.3 Å². The van der Waals surface area contributed by atoms with E-state index in [1.54, 1.807) is 0 Å². The van der Waals surface area contributed by atoms with Crippen LogP contribution in [0, 0.1) is 22.0 Å². The fourth-order valence-electron chi connectivity index (χ4n) is 2.62. The van der Waals surface area contributed by atoms with E-state index in [0.717, 1.165) is 25.5 Å². The predicted molar refractivity (Wildman–Crippen MR) is 68.9 cm³/mol. The highest BCUT2D eigenvalue weighted by molar-refractivity contribution is 5.96. The molecular weight excluding hydrogens is 246 g/mol. The third kappa shape index (κ3) is 3.05. The zero-order valence-electron chi connectivity index (χ0n) is 10.5. The molecule has 1 aromatic carbocycles. The van der Waals surface area contributed by atoms with Gasteiger partial charge in [-0.1, -0.05) is 6.42 Å². The Bertz CT molecular complexity index is 495. The summed E-state index contributed by atoms with van der Waals surface area (Å²) in [6.07, 6.45) is 4.05. The summed E-state index contributed by atoms with van der Waals surface area (Å²) in [6, 6.07) is 5.62. The first-order valence-corrected chi connectivity index (χ1v) is 6.34. The van der Waals surface area contributed by atoms with Crippen LogP contribution in [-0.2, 0) is 4.79 Å². The summed E-state index contributed by atoms with van der Waals surface area (Å²) >= 11 is 0. The Balaban J connectivity index is 2.03. The second kappa shape index (κ2) is 5.73. The second-order valence-corrected chi connectivity index (χ2v) is 4.92. The van der Waals surface area contributed by atoms with Gasteiger partial charge in [0, 0.05) is 30.0 Å². The van der Waals surface area contributed by atoms with Crippen molar-refractivity contribution in [2.24, 2.45) is 11.8 Å². The minimum absolute atomic E-state index is 0.0120. The topological polar surface area (TPSA) is 77.3 Å².